The number of imide groups is 1. The molecule has 0 spiro atoms. The molecule has 1 N–H and O–H groups in total. The van der Waals surface area contributed by atoms with Crippen LogP contribution in [0.4, 0.5) is 4.79 Å². The van der Waals surface area contributed by atoms with Gasteiger partial charge in [0.05, 0.1) is 0 Å². The highest BCUT2D eigenvalue weighted by Crippen LogP contribution is 2.32. The Morgan fingerprint density at radius 1 is 1.47 bits per heavy atom. The van der Waals surface area contributed by atoms with Crippen molar-refractivity contribution < 1.29 is 9.59 Å². The van der Waals surface area contributed by atoms with Crippen LogP contribution in [0.15, 0.2) is 24.5 Å². The van der Waals surface area contributed by atoms with Gasteiger partial charge in [-0.1, -0.05) is 12.5 Å². The topological polar surface area (TPSA) is 62.3 Å². The predicted octanol–water partition coefficient (Wildman–Crippen LogP) is 1.65. The standard InChI is InChI=1S/C14H17N3O2/c1-14(11-6-3-7-15-8-11)12(18)17(13(19)16-14)9-10-4-2-5-10/h3,6-8,10H,2,4-5,9H2,1H3,(H,16,19)/t14-/m0/s1. The third-order valence-corrected chi connectivity index (χ3v) is 4.18. The Morgan fingerprint density at radius 2 is 2.26 bits per heavy atom. The van der Waals surface area contributed by atoms with Crippen LogP contribution in [0.1, 0.15) is 31.7 Å². The molecule has 3 rings (SSSR count). The van der Waals surface area contributed by atoms with E-state index < -0.39 is 5.54 Å². The van der Waals surface area contributed by atoms with Gasteiger partial charge in [-0.3, -0.25) is 14.7 Å². The number of hydrogen-bond acceptors (Lipinski definition) is 3. The van der Waals surface area contributed by atoms with Crippen molar-refractivity contribution in [2.45, 2.75) is 31.7 Å². The Bertz CT molecular complexity index is 513. The fourth-order valence-corrected chi connectivity index (χ4v) is 2.65. The lowest BCUT2D eigenvalue weighted by Gasteiger charge is -2.29. The van der Waals surface area contributed by atoms with Gasteiger partial charge in [-0.05, 0) is 31.7 Å². The molecule has 0 unspecified atom stereocenters. The average molecular weight is 259 g/mol. The van der Waals surface area contributed by atoms with Crippen molar-refractivity contribution >= 4 is 11.9 Å². The second-order valence-electron chi connectivity index (χ2n) is 5.51. The van der Waals surface area contributed by atoms with Gasteiger partial charge in [0.2, 0.25) is 0 Å². The summed E-state index contributed by atoms with van der Waals surface area (Å²) in [5.41, 5.74) is -0.251. The fourth-order valence-electron chi connectivity index (χ4n) is 2.65. The van der Waals surface area contributed by atoms with Crippen LogP contribution in [0.2, 0.25) is 0 Å². The number of nitrogens with one attached hydrogen (secondary N) is 1. The summed E-state index contributed by atoms with van der Waals surface area (Å²) in [6.45, 7) is 2.28. The largest absolute Gasteiger partial charge is 0.325 e. The van der Waals surface area contributed by atoms with Crippen molar-refractivity contribution in [1.29, 1.82) is 0 Å². The van der Waals surface area contributed by atoms with Crippen LogP contribution in [0.5, 0.6) is 0 Å². The first-order chi connectivity index (χ1) is 9.11. The van der Waals surface area contributed by atoms with E-state index in [1.807, 2.05) is 6.07 Å². The van der Waals surface area contributed by atoms with E-state index in [-0.39, 0.29) is 11.9 Å². The Balaban J connectivity index is 1.84. The van der Waals surface area contributed by atoms with Gasteiger partial charge < -0.3 is 5.32 Å². The van der Waals surface area contributed by atoms with Gasteiger partial charge in [0, 0.05) is 24.5 Å². The van der Waals surface area contributed by atoms with Crippen molar-refractivity contribution in [3.8, 4) is 0 Å². The van der Waals surface area contributed by atoms with E-state index in [1.54, 1.807) is 25.4 Å². The molecule has 2 aliphatic rings. The number of hydrogen-bond donors (Lipinski definition) is 1. The number of nitrogens with zero attached hydrogens (tertiary/aromatic N) is 2. The van der Waals surface area contributed by atoms with Gasteiger partial charge in [0.15, 0.2) is 0 Å². The van der Waals surface area contributed by atoms with Crippen molar-refractivity contribution in [2.75, 3.05) is 6.54 Å². The molecule has 19 heavy (non-hydrogen) atoms. The third kappa shape index (κ3) is 1.89. The zero-order valence-corrected chi connectivity index (χ0v) is 10.9. The molecule has 3 amide bonds. The zero-order chi connectivity index (χ0) is 13.5. The summed E-state index contributed by atoms with van der Waals surface area (Å²) < 4.78 is 0. The quantitative estimate of drug-likeness (QED) is 0.839. The Kier molecular flexibility index (Phi) is 2.77. The lowest BCUT2D eigenvalue weighted by molar-refractivity contribution is -0.131. The van der Waals surface area contributed by atoms with E-state index in [4.69, 9.17) is 0 Å². The van der Waals surface area contributed by atoms with Crippen LogP contribution >= 0.6 is 0 Å². The third-order valence-electron chi connectivity index (χ3n) is 4.18. The molecule has 5 nitrogen and oxygen atoms in total. The second-order valence-corrected chi connectivity index (χ2v) is 5.51. The molecule has 5 heteroatoms. The zero-order valence-electron chi connectivity index (χ0n) is 10.9. The number of aromatic nitrogens is 1. The molecule has 2 fully saturated rings. The Morgan fingerprint density at radius 3 is 2.84 bits per heavy atom. The minimum atomic E-state index is -0.977. The van der Waals surface area contributed by atoms with Crippen LogP contribution in [-0.2, 0) is 10.3 Å². The number of carbonyl (C=O) groups excluding carboxylic acids is 2. The van der Waals surface area contributed by atoms with E-state index in [0.717, 1.165) is 18.4 Å². The Labute approximate surface area is 112 Å². The maximum atomic E-state index is 12.5. The normalized spacial score (nSPS) is 27.3. The van der Waals surface area contributed by atoms with Gasteiger partial charge in [-0.15, -0.1) is 0 Å². The maximum Gasteiger partial charge on any atom is 0.325 e. The SMILES string of the molecule is C[C@@]1(c2cccnc2)NC(=O)N(CC2CCC2)C1=O. The first kappa shape index (κ1) is 12.1. The average Bonchev–Trinajstić information content (AvgIpc) is 2.58. The number of urea groups is 1. The van der Waals surface area contributed by atoms with E-state index in [1.165, 1.54) is 11.3 Å². The monoisotopic (exact) mass is 259 g/mol. The number of pyridine rings is 1. The number of carbonyl (C=O) groups is 2. The van der Waals surface area contributed by atoms with Crippen molar-refractivity contribution in [3.05, 3.63) is 30.1 Å². The van der Waals surface area contributed by atoms with E-state index >= 15 is 0 Å². The molecular weight excluding hydrogens is 242 g/mol. The van der Waals surface area contributed by atoms with E-state index in [0.29, 0.717) is 12.5 Å². The van der Waals surface area contributed by atoms with Crippen molar-refractivity contribution in [2.24, 2.45) is 5.92 Å². The summed E-state index contributed by atoms with van der Waals surface area (Å²) in [5, 5.41) is 2.80. The van der Waals surface area contributed by atoms with Gasteiger partial charge in [0.1, 0.15) is 5.54 Å². The fraction of sp³-hybridized carbons (Fsp3) is 0.500. The van der Waals surface area contributed by atoms with Gasteiger partial charge >= 0.3 is 6.03 Å². The van der Waals surface area contributed by atoms with Crippen LogP contribution in [-0.4, -0.2) is 28.4 Å². The van der Waals surface area contributed by atoms with Crippen LogP contribution in [0.25, 0.3) is 0 Å². The highest BCUT2D eigenvalue weighted by atomic mass is 16.2. The second kappa shape index (κ2) is 4.33. The van der Waals surface area contributed by atoms with Gasteiger partial charge in [0.25, 0.3) is 5.91 Å². The summed E-state index contributed by atoms with van der Waals surface area (Å²) in [7, 11) is 0. The molecule has 2 heterocycles. The van der Waals surface area contributed by atoms with Crippen LogP contribution in [0.3, 0.4) is 0 Å². The lowest BCUT2D eigenvalue weighted by Crippen LogP contribution is -2.42. The first-order valence-corrected chi connectivity index (χ1v) is 6.66. The van der Waals surface area contributed by atoms with Crippen LogP contribution in [0, 0.1) is 5.92 Å². The van der Waals surface area contributed by atoms with E-state index in [9.17, 15) is 9.59 Å². The first-order valence-electron chi connectivity index (χ1n) is 6.66. The highest BCUT2D eigenvalue weighted by Gasteiger charge is 2.49. The molecule has 0 aromatic carbocycles. The molecule has 0 radical (unpaired) electrons. The molecule has 1 aromatic rings. The molecule has 1 saturated heterocycles. The summed E-state index contributed by atoms with van der Waals surface area (Å²) >= 11 is 0. The summed E-state index contributed by atoms with van der Waals surface area (Å²) in [5.74, 6) is 0.309. The molecule has 1 aliphatic carbocycles. The van der Waals surface area contributed by atoms with Gasteiger partial charge in [-0.2, -0.15) is 0 Å². The maximum absolute atomic E-state index is 12.5. The Hall–Kier alpha value is -1.91. The minimum Gasteiger partial charge on any atom is -0.319 e. The minimum absolute atomic E-state index is 0.169. The molecule has 1 aromatic heterocycles. The predicted molar refractivity (Wildman–Crippen MR) is 69.2 cm³/mol. The number of amides is 3. The smallest absolute Gasteiger partial charge is 0.319 e. The van der Waals surface area contributed by atoms with Crippen molar-refractivity contribution in [3.63, 3.8) is 0 Å². The lowest BCUT2D eigenvalue weighted by atomic mass is 9.85. The van der Waals surface area contributed by atoms with Crippen molar-refractivity contribution in [1.82, 2.24) is 15.2 Å². The molecule has 1 atom stereocenters. The molecule has 100 valence electrons. The van der Waals surface area contributed by atoms with Gasteiger partial charge in [-0.25, -0.2) is 4.79 Å². The molecule has 0 bridgehead atoms. The number of rotatable bonds is 3. The summed E-state index contributed by atoms with van der Waals surface area (Å²) in [6.07, 6.45) is 6.71. The summed E-state index contributed by atoms with van der Waals surface area (Å²) in [4.78, 5) is 29.9. The molecule has 1 aliphatic heterocycles. The van der Waals surface area contributed by atoms with E-state index in [2.05, 4.69) is 10.3 Å². The van der Waals surface area contributed by atoms with Crippen LogP contribution < -0.4 is 5.32 Å². The molecular formula is C14H17N3O2. The molecule has 1 saturated carbocycles. The summed E-state index contributed by atoms with van der Waals surface area (Å²) in [6, 6.07) is 3.30. The highest BCUT2D eigenvalue weighted by molar-refractivity contribution is 6.07.